The maximum absolute atomic E-state index is 10.7. The molecular weight excluding hydrogens is 174 g/mol. The Labute approximate surface area is 74.6 Å². The molecule has 0 radical (unpaired) electrons. The van der Waals surface area contributed by atoms with E-state index in [0.29, 0.717) is 5.92 Å². The van der Waals surface area contributed by atoms with Gasteiger partial charge in [-0.3, -0.25) is 0 Å². The van der Waals surface area contributed by atoms with Crippen LogP contribution in [0.15, 0.2) is 11.5 Å². The summed E-state index contributed by atoms with van der Waals surface area (Å²) in [5.41, 5.74) is 5.63. The highest BCUT2D eigenvalue weighted by Gasteiger charge is 2.02. The molecule has 0 fully saturated rings. The first-order valence-electron chi connectivity index (χ1n) is 3.95. The molecule has 0 aliphatic carbocycles. The van der Waals surface area contributed by atoms with Crippen molar-refractivity contribution in [3.8, 4) is 0 Å². The summed E-state index contributed by atoms with van der Waals surface area (Å²) in [4.78, 5) is 0. The number of hydrogen-bond donors (Lipinski definition) is 1. The molecule has 0 aromatic rings. The van der Waals surface area contributed by atoms with E-state index < -0.39 is 9.84 Å². The average Bonchev–Trinajstić information content (AvgIpc) is 1.80. The van der Waals surface area contributed by atoms with E-state index in [1.165, 1.54) is 11.5 Å². The molecule has 0 aromatic carbocycles. The summed E-state index contributed by atoms with van der Waals surface area (Å²) in [7, 11) is -3.02. The molecule has 12 heavy (non-hydrogen) atoms. The third-order valence-electron chi connectivity index (χ3n) is 1.32. The number of rotatable bonds is 4. The highest BCUT2D eigenvalue weighted by molar-refractivity contribution is 7.93. The van der Waals surface area contributed by atoms with Crippen LogP contribution in [0.25, 0.3) is 0 Å². The lowest BCUT2D eigenvalue weighted by molar-refractivity contribution is 0.546. The fraction of sp³-hybridized carbons (Fsp3) is 0.750. The first kappa shape index (κ1) is 11.6. The smallest absolute Gasteiger partial charge is 0.168 e. The topological polar surface area (TPSA) is 60.2 Å². The molecule has 72 valence electrons. The van der Waals surface area contributed by atoms with Crippen molar-refractivity contribution in [1.82, 2.24) is 0 Å². The molecule has 0 saturated heterocycles. The summed E-state index contributed by atoms with van der Waals surface area (Å²) in [5, 5.41) is 1.17. The van der Waals surface area contributed by atoms with Crippen LogP contribution in [-0.4, -0.2) is 20.7 Å². The molecule has 0 aliphatic rings. The zero-order valence-corrected chi connectivity index (χ0v) is 8.64. The van der Waals surface area contributed by atoms with E-state index in [-0.39, 0.29) is 6.04 Å². The third kappa shape index (κ3) is 7.75. The van der Waals surface area contributed by atoms with Gasteiger partial charge >= 0.3 is 0 Å². The second kappa shape index (κ2) is 4.62. The van der Waals surface area contributed by atoms with Gasteiger partial charge in [-0.15, -0.1) is 0 Å². The van der Waals surface area contributed by atoms with Crippen molar-refractivity contribution in [3.05, 3.63) is 11.5 Å². The van der Waals surface area contributed by atoms with Crippen LogP contribution in [0.1, 0.15) is 20.3 Å². The molecule has 0 unspecified atom stereocenters. The maximum atomic E-state index is 10.7. The van der Waals surface area contributed by atoms with Crippen LogP contribution >= 0.6 is 0 Å². The van der Waals surface area contributed by atoms with E-state index in [1.54, 1.807) is 0 Å². The van der Waals surface area contributed by atoms with Crippen molar-refractivity contribution < 1.29 is 8.42 Å². The minimum Gasteiger partial charge on any atom is -0.324 e. The Bertz CT molecular complexity index is 242. The zero-order chi connectivity index (χ0) is 9.78. The van der Waals surface area contributed by atoms with E-state index in [4.69, 9.17) is 5.73 Å². The van der Waals surface area contributed by atoms with Crippen LogP contribution in [0, 0.1) is 5.92 Å². The van der Waals surface area contributed by atoms with Crippen LogP contribution in [0.4, 0.5) is 0 Å². The van der Waals surface area contributed by atoms with Crippen LogP contribution in [0.3, 0.4) is 0 Å². The highest BCUT2D eigenvalue weighted by Crippen LogP contribution is 2.03. The summed E-state index contributed by atoms with van der Waals surface area (Å²) in [6, 6.07) is -0.153. The lowest BCUT2D eigenvalue weighted by Gasteiger charge is -2.08. The second-order valence-electron chi connectivity index (χ2n) is 3.45. The molecule has 0 rings (SSSR count). The van der Waals surface area contributed by atoms with Crippen molar-refractivity contribution in [2.24, 2.45) is 11.7 Å². The van der Waals surface area contributed by atoms with Gasteiger partial charge in [0.2, 0.25) is 0 Å². The highest BCUT2D eigenvalue weighted by atomic mass is 32.2. The first-order chi connectivity index (χ1) is 5.31. The number of hydrogen-bond acceptors (Lipinski definition) is 3. The van der Waals surface area contributed by atoms with Crippen LogP contribution in [0.5, 0.6) is 0 Å². The van der Waals surface area contributed by atoms with Crippen LogP contribution < -0.4 is 5.73 Å². The van der Waals surface area contributed by atoms with Gasteiger partial charge < -0.3 is 5.73 Å². The van der Waals surface area contributed by atoms with Gasteiger partial charge in [0.15, 0.2) is 9.84 Å². The quantitative estimate of drug-likeness (QED) is 0.718. The number of nitrogens with two attached hydrogens (primary N) is 1. The van der Waals surface area contributed by atoms with Crippen molar-refractivity contribution in [2.75, 3.05) is 6.26 Å². The lowest BCUT2D eigenvalue weighted by atomic mass is 10.1. The Balaban J connectivity index is 4.01. The van der Waals surface area contributed by atoms with Crippen molar-refractivity contribution in [1.29, 1.82) is 0 Å². The average molecular weight is 191 g/mol. The summed E-state index contributed by atoms with van der Waals surface area (Å²) < 4.78 is 21.4. The van der Waals surface area contributed by atoms with Gasteiger partial charge in [0, 0.05) is 17.7 Å². The van der Waals surface area contributed by atoms with E-state index in [0.717, 1.165) is 12.7 Å². The minimum atomic E-state index is -3.02. The molecular formula is C8H17NO2S. The molecule has 3 nitrogen and oxygen atoms in total. The third-order valence-corrected chi connectivity index (χ3v) is 1.97. The maximum Gasteiger partial charge on any atom is 0.168 e. The van der Waals surface area contributed by atoms with E-state index >= 15 is 0 Å². The molecule has 0 aliphatic heterocycles. The summed E-state index contributed by atoms with van der Waals surface area (Å²) >= 11 is 0. The van der Waals surface area contributed by atoms with Crippen LogP contribution in [-0.2, 0) is 9.84 Å². The van der Waals surface area contributed by atoms with Crippen LogP contribution in [0.2, 0.25) is 0 Å². The fourth-order valence-corrected chi connectivity index (χ4v) is 1.35. The zero-order valence-electron chi connectivity index (χ0n) is 7.82. The van der Waals surface area contributed by atoms with E-state index in [2.05, 4.69) is 0 Å². The molecule has 4 heteroatoms. The Morgan fingerprint density at radius 3 is 2.25 bits per heavy atom. The molecule has 2 N–H and O–H groups in total. The largest absolute Gasteiger partial charge is 0.324 e. The molecule has 1 atom stereocenters. The van der Waals surface area contributed by atoms with Crippen molar-refractivity contribution in [3.63, 3.8) is 0 Å². The Morgan fingerprint density at radius 1 is 1.42 bits per heavy atom. The fourth-order valence-electron chi connectivity index (χ4n) is 0.867. The predicted molar refractivity (Wildman–Crippen MR) is 51.4 cm³/mol. The molecule has 0 aromatic heterocycles. The first-order valence-corrected chi connectivity index (χ1v) is 5.90. The van der Waals surface area contributed by atoms with Gasteiger partial charge in [0.25, 0.3) is 0 Å². The Hall–Kier alpha value is -0.350. The van der Waals surface area contributed by atoms with E-state index in [9.17, 15) is 8.42 Å². The second-order valence-corrected chi connectivity index (χ2v) is 5.38. The monoisotopic (exact) mass is 191 g/mol. The summed E-state index contributed by atoms with van der Waals surface area (Å²) in [6.45, 7) is 4.10. The standard InChI is InChI=1S/C8H17NO2S/c1-7(2)6-8(9)4-5-12(3,10)11/h4-5,7-8H,6,9H2,1-3H3/t8-/m1/s1. The van der Waals surface area contributed by atoms with Gasteiger partial charge in [0.05, 0.1) is 0 Å². The van der Waals surface area contributed by atoms with Gasteiger partial charge in [-0.2, -0.15) is 0 Å². The Kier molecular flexibility index (Phi) is 4.49. The molecule has 0 amide bonds. The molecule has 0 spiro atoms. The summed E-state index contributed by atoms with van der Waals surface area (Å²) in [6.07, 6.45) is 3.51. The minimum absolute atomic E-state index is 0.153. The molecule has 0 saturated carbocycles. The molecule has 0 bridgehead atoms. The van der Waals surface area contributed by atoms with Gasteiger partial charge in [-0.05, 0) is 12.3 Å². The SMILES string of the molecule is CC(C)C[C@H](N)C=CS(C)(=O)=O. The van der Waals surface area contributed by atoms with E-state index in [1.807, 2.05) is 13.8 Å². The molecule has 0 heterocycles. The van der Waals surface area contributed by atoms with Gasteiger partial charge in [-0.25, -0.2) is 8.42 Å². The lowest BCUT2D eigenvalue weighted by Crippen LogP contribution is -2.19. The van der Waals surface area contributed by atoms with Crippen molar-refractivity contribution >= 4 is 9.84 Å². The normalized spacial score (nSPS) is 15.8. The predicted octanol–water partition coefficient (Wildman–Crippen LogP) is 0.918. The summed E-state index contributed by atoms with van der Waals surface area (Å²) in [5.74, 6) is 0.490. The number of sulfone groups is 1. The van der Waals surface area contributed by atoms with Gasteiger partial charge in [-0.1, -0.05) is 19.9 Å². The van der Waals surface area contributed by atoms with Crippen molar-refractivity contribution in [2.45, 2.75) is 26.3 Å². The Morgan fingerprint density at radius 2 is 1.92 bits per heavy atom. The van der Waals surface area contributed by atoms with Gasteiger partial charge in [0.1, 0.15) is 0 Å².